The van der Waals surface area contributed by atoms with Gasteiger partial charge in [-0.3, -0.25) is 4.79 Å². The van der Waals surface area contributed by atoms with Gasteiger partial charge in [0.1, 0.15) is 11.8 Å². The summed E-state index contributed by atoms with van der Waals surface area (Å²) in [6.45, 7) is 0.430. The van der Waals surface area contributed by atoms with E-state index in [1.807, 2.05) is 0 Å². The number of thioether (sulfide) groups is 1. The van der Waals surface area contributed by atoms with Gasteiger partial charge >= 0.3 is 5.97 Å². The number of benzene rings is 1. The summed E-state index contributed by atoms with van der Waals surface area (Å²) in [5.41, 5.74) is 0.383. The van der Waals surface area contributed by atoms with Crippen LogP contribution in [-0.2, 0) is 4.79 Å². The van der Waals surface area contributed by atoms with Crippen LogP contribution >= 0.6 is 27.7 Å². The first-order valence-corrected chi connectivity index (χ1v) is 7.94. The fourth-order valence-corrected chi connectivity index (χ4v) is 3.43. The maximum absolute atomic E-state index is 12.6. The van der Waals surface area contributed by atoms with Crippen molar-refractivity contribution >= 4 is 39.6 Å². The van der Waals surface area contributed by atoms with Crippen LogP contribution in [0.15, 0.2) is 22.7 Å². The van der Waals surface area contributed by atoms with Crippen molar-refractivity contribution in [2.24, 2.45) is 0 Å². The van der Waals surface area contributed by atoms with Crippen LogP contribution in [0.2, 0.25) is 0 Å². The van der Waals surface area contributed by atoms with Gasteiger partial charge in [0.25, 0.3) is 5.91 Å². The van der Waals surface area contributed by atoms with E-state index in [1.165, 1.54) is 12.0 Å². The molecule has 1 aromatic rings. The van der Waals surface area contributed by atoms with Gasteiger partial charge in [-0.15, -0.1) is 0 Å². The van der Waals surface area contributed by atoms with E-state index in [9.17, 15) is 14.7 Å². The summed E-state index contributed by atoms with van der Waals surface area (Å²) >= 11 is 4.86. The van der Waals surface area contributed by atoms with Crippen LogP contribution in [0.4, 0.5) is 0 Å². The highest BCUT2D eigenvalue weighted by Crippen LogP contribution is 2.27. The Balaban J connectivity index is 2.32. The molecule has 1 aromatic carbocycles. The number of amides is 1. The number of hydrogen-bond donors (Lipinski definition) is 1. The highest BCUT2D eigenvalue weighted by molar-refractivity contribution is 9.10. The zero-order valence-electron chi connectivity index (χ0n) is 10.8. The number of carboxylic acid groups (broad SMARTS) is 1. The first-order chi connectivity index (χ1) is 9.54. The van der Waals surface area contributed by atoms with E-state index in [-0.39, 0.29) is 5.91 Å². The molecule has 0 spiro atoms. The van der Waals surface area contributed by atoms with Crippen molar-refractivity contribution in [2.45, 2.75) is 6.04 Å². The zero-order valence-corrected chi connectivity index (χ0v) is 13.2. The van der Waals surface area contributed by atoms with Gasteiger partial charge in [-0.05, 0) is 18.2 Å². The molecular formula is C13H14BrNO4S. The predicted molar refractivity (Wildman–Crippen MR) is 80.5 cm³/mol. The molecule has 1 unspecified atom stereocenters. The lowest BCUT2D eigenvalue weighted by Gasteiger charge is -2.32. The molecule has 1 aliphatic heterocycles. The van der Waals surface area contributed by atoms with Crippen molar-refractivity contribution in [1.29, 1.82) is 0 Å². The number of carboxylic acids is 1. The second kappa shape index (κ2) is 6.49. The number of ether oxygens (including phenoxy) is 1. The predicted octanol–water partition coefficient (Wildman–Crippen LogP) is 2.10. The van der Waals surface area contributed by atoms with Gasteiger partial charge in [0.2, 0.25) is 0 Å². The number of nitrogens with zero attached hydrogens (tertiary/aromatic N) is 1. The van der Waals surface area contributed by atoms with E-state index in [0.717, 1.165) is 10.2 Å². The summed E-state index contributed by atoms with van der Waals surface area (Å²) in [4.78, 5) is 25.2. The Hall–Kier alpha value is -1.21. The van der Waals surface area contributed by atoms with E-state index >= 15 is 0 Å². The van der Waals surface area contributed by atoms with Crippen LogP contribution in [0, 0.1) is 0 Å². The third-order valence-electron chi connectivity index (χ3n) is 3.07. The molecule has 1 amide bonds. The molecule has 7 heteroatoms. The van der Waals surface area contributed by atoms with E-state index in [1.54, 1.807) is 30.0 Å². The highest BCUT2D eigenvalue weighted by atomic mass is 79.9. The Bertz CT molecular complexity index is 537. The lowest BCUT2D eigenvalue weighted by molar-refractivity contribution is -0.141. The van der Waals surface area contributed by atoms with Crippen molar-refractivity contribution in [2.75, 3.05) is 25.2 Å². The Morgan fingerprint density at radius 3 is 2.90 bits per heavy atom. The molecule has 0 aromatic heterocycles. The van der Waals surface area contributed by atoms with E-state index < -0.39 is 12.0 Å². The van der Waals surface area contributed by atoms with Crippen LogP contribution in [0.25, 0.3) is 0 Å². The SMILES string of the molecule is COc1cc(Br)ccc1C(=O)N1CCSCC1C(=O)O. The Kier molecular flexibility index (Phi) is 4.93. The lowest BCUT2D eigenvalue weighted by Crippen LogP contribution is -2.50. The monoisotopic (exact) mass is 359 g/mol. The van der Waals surface area contributed by atoms with E-state index in [2.05, 4.69) is 15.9 Å². The van der Waals surface area contributed by atoms with E-state index in [0.29, 0.717) is 23.6 Å². The summed E-state index contributed by atoms with van der Waals surface area (Å²) in [5, 5.41) is 9.23. The molecule has 108 valence electrons. The summed E-state index contributed by atoms with van der Waals surface area (Å²) in [6.07, 6.45) is 0. The van der Waals surface area contributed by atoms with Crippen LogP contribution in [-0.4, -0.2) is 53.1 Å². The largest absolute Gasteiger partial charge is 0.496 e. The molecule has 0 radical (unpaired) electrons. The van der Waals surface area contributed by atoms with Crippen LogP contribution in [0.1, 0.15) is 10.4 Å². The number of methoxy groups -OCH3 is 1. The number of hydrogen-bond acceptors (Lipinski definition) is 4. The molecule has 1 N–H and O–H groups in total. The standard InChI is InChI=1S/C13H14BrNO4S/c1-19-11-6-8(14)2-3-9(11)12(16)15-4-5-20-7-10(15)13(17)18/h2-3,6,10H,4-5,7H2,1H3,(H,17,18). The molecule has 20 heavy (non-hydrogen) atoms. The molecule has 1 heterocycles. The summed E-state index contributed by atoms with van der Waals surface area (Å²) < 4.78 is 6.00. The number of rotatable bonds is 3. The van der Waals surface area contributed by atoms with Crippen molar-refractivity contribution in [1.82, 2.24) is 4.90 Å². The summed E-state index contributed by atoms with van der Waals surface area (Å²) in [5.74, 6) is 0.323. The van der Waals surface area contributed by atoms with Gasteiger partial charge in [-0.25, -0.2) is 4.79 Å². The number of halogens is 1. The second-order valence-electron chi connectivity index (χ2n) is 4.27. The molecular weight excluding hydrogens is 346 g/mol. The average Bonchev–Trinajstić information content (AvgIpc) is 2.46. The molecule has 5 nitrogen and oxygen atoms in total. The maximum Gasteiger partial charge on any atom is 0.327 e. The van der Waals surface area contributed by atoms with Gasteiger partial charge in [-0.2, -0.15) is 11.8 Å². The Morgan fingerprint density at radius 2 is 2.25 bits per heavy atom. The topological polar surface area (TPSA) is 66.8 Å². The zero-order chi connectivity index (χ0) is 14.7. The average molecular weight is 360 g/mol. The Labute approximate surface area is 129 Å². The molecule has 1 atom stereocenters. The first kappa shape index (κ1) is 15.2. The Morgan fingerprint density at radius 1 is 1.50 bits per heavy atom. The van der Waals surface area contributed by atoms with Gasteiger partial charge < -0.3 is 14.7 Å². The lowest BCUT2D eigenvalue weighted by atomic mass is 10.1. The minimum Gasteiger partial charge on any atom is -0.496 e. The molecule has 2 rings (SSSR count). The van der Waals surface area contributed by atoms with Crippen molar-refractivity contribution in [3.05, 3.63) is 28.2 Å². The third-order valence-corrected chi connectivity index (χ3v) is 4.58. The highest BCUT2D eigenvalue weighted by Gasteiger charge is 2.33. The van der Waals surface area contributed by atoms with Crippen LogP contribution in [0.5, 0.6) is 5.75 Å². The normalized spacial score (nSPS) is 18.7. The summed E-state index contributed by atoms with van der Waals surface area (Å²) in [6, 6.07) is 4.30. The van der Waals surface area contributed by atoms with Gasteiger partial charge in [0.15, 0.2) is 0 Å². The fourth-order valence-electron chi connectivity index (χ4n) is 2.05. The fraction of sp³-hybridized carbons (Fsp3) is 0.385. The maximum atomic E-state index is 12.6. The molecule has 0 saturated carbocycles. The van der Waals surface area contributed by atoms with Gasteiger partial charge in [0.05, 0.1) is 12.7 Å². The molecule has 1 fully saturated rings. The van der Waals surface area contributed by atoms with Gasteiger partial charge in [-0.1, -0.05) is 15.9 Å². The first-order valence-electron chi connectivity index (χ1n) is 5.99. The van der Waals surface area contributed by atoms with Gasteiger partial charge in [0, 0.05) is 22.5 Å². The number of carbonyl (C=O) groups is 2. The molecule has 1 aliphatic rings. The van der Waals surface area contributed by atoms with Crippen molar-refractivity contribution < 1.29 is 19.4 Å². The second-order valence-corrected chi connectivity index (χ2v) is 6.34. The number of carbonyl (C=O) groups excluding carboxylic acids is 1. The molecule has 0 aliphatic carbocycles. The van der Waals surface area contributed by atoms with Crippen molar-refractivity contribution in [3.8, 4) is 5.75 Å². The van der Waals surface area contributed by atoms with Crippen molar-refractivity contribution in [3.63, 3.8) is 0 Å². The van der Waals surface area contributed by atoms with Crippen LogP contribution < -0.4 is 4.74 Å². The quantitative estimate of drug-likeness (QED) is 0.894. The number of aliphatic carboxylic acids is 1. The van der Waals surface area contributed by atoms with E-state index in [4.69, 9.17) is 4.74 Å². The minimum absolute atomic E-state index is 0.304. The molecule has 0 bridgehead atoms. The van der Waals surface area contributed by atoms with Crippen LogP contribution in [0.3, 0.4) is 0 Å². The third kappa shape index (κ3) is 3.09. The smallest absolute Gasteiger partial charge is 0.327 e. The molecule has 1 saturated heterocycles. The minimum atomic E-state index is -0.971. The summed E-state index contributed by atoms with van der Waals surface area (Å²) in [7, 11) is 1.49.